The first-order valence-corrected chi connectivity index (χ1v) is 10.9. The van der Waals surface area contributed by atoms with Crippen LogP contribution in [0.15, 0.2) is 65.3 Å². The highest BCUT2D eigenvalue weighted by Crippen LogP contribution is 2.39. The Bertz CT molecular complexity index is 1340. The number of nitrogens with zero attached hydrogens (tertiary/aromatic N) is 7. The van der Waals surface area contributed by atoms with Crippen LogP contribution in [-0.2, 0) is 7.05 Å². The standard InChI is InChI=1S/C24H23N7O2/c1-30-15-27-20(22-25-10-7-11-26-22)23(30)29-28-18-14-16-8-3-4-9-17(16)19(21(18)32)24(33)31-12-5-2-6-13-31/h3-4,7-11,14-15,32H,2,5-6,12-13H2,1H3. The second-order valence-electron chi connectivity index (χ2n) is 7.99. The lowest BCUT2D eigenvalue weighted by atomic mass is 10.00. The van der Waals surface area contributed by atoms with E-state index in [0.717, 1.165) is 24.6 Å². The van der Waals surface area contributed by atoms with E-state index < -0.39 is 0 Å². The van der Waals surface area contributed by atoms with Crippen molar-refractivity contribution in [1.29, 1.82) is 0 Å². The van der Waals surface area contributed by atoms with Crippen LogP contribution in [0.2, 0.25) is 0 Å². The molecule has 5 rings (SSSR count). The van der Waals surface area contributed by atoms with E-state index in [1.807, 2.05) is 24.3 Å². The van der Waals surface area contributed by atoms with Gasteiger partial charge in [-0.25, -0.2) is 15.0 Å². The van der Waals surface area contributed by atoms with Crippen molar-refractivity contribution in [3.8, 4) is 17.3 Å². The number of benzene rings is 2. The molecular weight excluding hydrogens is 418 g/mol. The zero-order chi connectivity index (χ0) is 22.8. The molecule has 1 aliphatic rings. The molecule has 33 heavy (non-hydrogen) atoms. The summed E-state index contributed by atoms with van der Waals surface area (Å²) in [6, 6.07) is 10.9. The highest BCUT2D eigenvalue weighted by Gasteiger charge is 2.25. The number of likely N-dealkylation sites (tertiary alicyclic amines) is 1. The van der Waals surface area contributed by atoms with E-state index in [-0.39, 0.29) is 22.9 Å². The van der Waals surface area contributed by atoms with Crippen LogP contribution in [-0.4, -0.2) is 48.5 Å². The zero-order valence-electron chi connectivity index (χ0n) is 18.2. The number of phenols is 1. The molecule has 9 nitrogen and oxygen atoms in total. The van der Waals surface area contributed by atoms with Crippen LogP contribution < -0.4 is 0 Å². The summed E-state index contributed by atoms with van der Waals surface area (Å²) in [5.74, 6) is 0.514. The second kappa shape index (κ2) is 8.78. The van der Waals surface area contributed by atoms with Crippen molar-refractivity contribution in [2.75, 3.05) is 13.1 Å². The number of amides is 1. The van der Waals surface area contributed by atoms with Gasteiger partial charge in [0.1, 0.15) is 5.69 Å². The van der Waals surface area contributed by atoms with Crippen LogP contribution in [0.1, 0.15) is 29.6 Å². The van der Waals surface area contributed by atoms with Gasteiger partial charge in [0.2, 0.25) is 0 Å². The molecule has 9 heteroatoms. The maximum Gasteiger partial charge on any atom is 0.258 e. The Morgan fingerprint density at radius 2 is 1.76 bits per heavy atom. The molecule has 0 bridgehead atoms. The number of hydrogen-bond donors (Lipinski definition) is 1. The first-order valence-electron chi connectivity index (χ1n) is 10.9. The summed E-state index contributed by atoms with van der Waals surface area (Å²) in [7, 11) is 1.79. The number of aromatic nitrogens is 4. The average Bonchev–Trinajstić information content (AvgIpc) is 3.23. The van der Waals surface area contributed by atoms with Gasteiger partial charge in [0.25, 0.3) is 5.91 Å². The predicted octanol–water partition coefficient (Wildman–Crippen LogP) is 4.78. The zero-order valence-corrected chi connectivity index (χ0v) is 18.2. The molecule has 2 aromatic carbocycles. The van der Waals surface area contributed by atoms with Gasteiger partial charge in [-0.05, 0) is 42.2 Å². The number of carbonyl (C=O) groups is 1. The number of phenolic OH excluding ortho intramolecular Hbond substituents is 1. The van der Waals surface area contributed by atoms with E-state index in [4.69, 9.17) is 0 Å². The van der Waals surface area contributed by atoms with Gasteiger partial charge >= 0.3 is 0 Å². The van der Waals surface area contributed by atoms with Gasteiger partial charge in [-0.15, -0.1) is 10.2 Å². The van der Waals surface area contributed by atoms with Gasteiger partial charge in [0, 0.05) is 32.5 Å². The van der Waals surface area contributed by atoms with Gasteiger partial charge < -0.3 is 14.6 Å². The molecule has 1 N–H and O–H groups in total. The number of carbonyl (C=O) groups excluding carboxylic acids is 1. The lowest BCUT2D eigenvalue weighted by molar-refractivity contribution is 0.0723. The van der Waals surface area contributed by atoms with Crippen molar-refractivity contribution in [3.63, 3.8) is 0 Å². The van der Waals surface area contributed by atoms with Gasteiger partial charge in [-0.2, -0.15) is 0 Å². The maximum atomic E-state index is 13.4. The quantitative estimate of drug-likeness (QED) is 0.459. The third-order valence-corrected chi connectivity index (χ3v) is 5.79. The minimum absolute atomic E-state index is 0.173. The van der Waals surface area contributed by atoms with Gasteiger partial charge in [-0.1, -0.05) is 24.3 Å². The monoisotopic (exact) mass is 441 g/mol. The van der Waals surface area contributed by atoms with Gasteiger partial charge in [0.05, 0.1) is 11.9 Å². The van der Waals surface area contributed by atoms with Crippen molar-refractivity contribution < 1.29 is 9.90 Å². The van der Waals surface area contributed by atoms with Crippen LogP contribution >= 0.6 is 0 Å². The largest absolute Gasteiger partial charge is 0.505 e. The Morgan fingerprint density at radius 3 is 2.55 bits per heavy atom. The molecule has 1 saturated heterocycles. The highest BCUT2D eigenvalue weighted by molar-refractivity contribution is 6.11. The number of imidazole rings is 1. The number of aryl methyl sites for hydroxylation is 1. The molecule has 3 heterocycles. The molecular formula is C24H23N7O2. The Morgan fingerprint density at radius 1 is 1.00 bits per heavy atom. The Labute approximate surface area is 190 Å². The van der Waals surface area contributed by atoms with Gasteiger partial charge in [0.15, 0.2) is 23.1 Å². The fraction of sp³-hybridized carbons (Fsp3) is 0.250. The smallest absolute Gasteiger partial charge is 0.258 e. The van der Waals surface area contributed by atoms with E-state index in [9.17, 15) is 9.90 Å². The van der Waals surface area contributed by atoms with Crippen LogP contribution in [0.3, 0.4) is 0 Å². The van der Waals surface area contributed by atoms with Crippen LogP contribution in [0.4, 0.5) is 11.5 Å². The summed E-state index contributed by atoms with van der Waals surface area (Å²) in [6.45, 7) is 1.38. The first-order chi connectivity index (χ1) is 16.1. The molecule has 2 aromatic heterocycles. The van der Waals surface area contributed by atoms with Crippen molar-refractivity contribution in [1.82, 2.24) is 24.4 Å². The molecule has 0 aliphatic carbocycles. The van der Waals surface area contributed by atoms with Crippen molar-refractivity contribution in [2.45, 2.75) is 19.3 Å². The summed E-state index contributed by atoms with van der Waals surface area (Å²) in [5, 5.41) is 21.3. The minimum atomic E-state index is -0.181. The molecule has 1 amide bonds. The van der Waals surface area contributed by atoms with E-state index in [2.05, 4.69) is 25.2 Å². The molecule has 0 spiro atoms. The number of rotatable bonds is 4. The summed E-state index contributed by atoms with van der Waals surface area (Å²) in [6.07, 6.45) is 7.91. The Kier molecular flexibility index (Phi) is 5.52. The summed E-state index contributed by atoms with van der Waals surface area (Å²) in [5.41, 5.74) is 0.961. The fourth-order valence-corrected chi connectivity index (χ4v) is 4.09. The van der Waals surface area contributed by atoms with Crippen LogP contribution in [0, 0.1) is 0 Å². The molecule has 0 saturated carbocycles. The van der Waals surface area contributed by atoms with E-state index in [1.54, 1.807) is 47.4 Å². The molecule has 0 atom stereocenters. The molecule has 0 radical (unpaired) electrons. The Hall–Kier alpha value is -4.14. The third kappa shape index (κ3) is 3.93. The average molecular weight is 441 g/mol. The third-order valence-electron chi connectivity index (χ3n) is 5.79. The SMILES string of the molecule is Cn1cnc(-c2ncccn2)c1N=Nc1cc2ccccc2c(C(=O)N2CCCCC2)c1O. The number of aromatic hydroxyl groups is 1. The van der Waals surface area contributed by atoms with Crippen molar-refractivity contribution in [3.05, 3.63) is 60.7 Å². The van der Waals surface area contributed by atoms with E-state index in [0.29, 0.717) is 35.8 Å². The molecule has 0 unspecified atom stereocenters. The summed E-state index contributed by atoms with van der Waals surface area (Å²) in [4.78, 5) is 28.0. The number of azo groups is 1. The fourth-order valence-electron chi connectivity index (χ4n) is 4.09. The van der Waals surface area contributed by atoms with Gasteiger partial charge in [-0.3, -0.25) is 4.79 Å². The van der Waals surface area contributed by atoms with Crippen LogP contribution in [0.5, 0.6) is 5.75 Å². The minimum Gasteiger partial charge on any atom is -0.505 e. The molecule has 1 fully saturated rings. The Balaban J connectivity index is 1.59. The van der Waals surface area contributed by atoms with Crippen LogP contribution in [0.25, 0.3) is 22.3 Å². The molecule has 1 aliphatic heterocycles. The second-order valence-corrected chi connectivity index (χ2v) is 7.99. The molecule has 166 valence electrons. The summed E-state index contributed by atoms with van der Waals surface area (Å²) >= 11 is 0. The number of fused-ring (bicyclic) bond motifs is 1. The molecule has 4 aromatic rings. The summed E-state index contributed by atoms with van der Waals surface area (Å²) < 4.78 is 1.70. The number of piperidine rings is 1. The lowest BCUT2D eigenvalue weighted by Crippen LogP contribution is -2.35. The highest BCUT2D eigenvalue weighted by atomic mass is 16.3. The van der Waals surface area contributed by atoms with Crippen molar-refractivity contribution >= 4 is 28.2 Å². The number of hydrogen-bond acceptors (Lipinski definition) is 7. The van der Waals surface area contributed by atoms with Crippen molar-refractivity contribution in [2.24, 2.45) is 17.3 Å². The predicted molar refractivity (Wildman–Crippen MR) is 124 cm³/mol. The normalized spacial score (nSPS) is 14.3. The van der Waals surface area contributed by atoms with E-state index >= 15 is 0 Å². The topological polar surface area (TPSA) is 109 Å². The lowest BCUT2D eigenvalue weighted by Gasteiger charge is -2.27. The maximum absolute atomic E-state index is 13.4. The first kappa shape index (κ1) is 20.7. The van der Waals surface area contributed by atoms with E-state index in [1.165, 1.54) is 0 Å².